The Hall–Kier alpha value is -2.57. The maximum Gasteiger partial charge on any atom is 0.410 e. The summed E-state index contributed by atoms with van der Waals surface area (Å²) in [6.07, 6.45) is 3.47. The number of fused-ring (bicyclic) bond motifs is 1. The number of carbonyl (C=O) groups is 3. The normalized spacial score (nSPS) is 22.7. The standard InChI is InChI=1S/C23H31N3O4/c1-23(2,3)30-22(29)25-12-9-15(10-13-25)16-5-4-6-18-17(16)11-14-26(18)19-7-8-20(27)24-21(19)28/h4-6,15,19H,7-14H2,1-3H3,(H,24,27,28)/t19-/m1/s1. The fraction of sp³-hybridized carbons (Fsp3) is 0.609. The molecule has 3 amide bonds. The van der Waals surface area contributed by atoms with Crippen molar-refractivity contribution in [1.82, 2.24) is 10.2 Å². The van der Waals surface area contributed by atoms with E-state index in [1.165, 1.54) is 11.1 Å². The summed E-state index contributed by atoms with van der Waals surface area (Å²) >= 11 is 0. The van der Waals surface area contributed by atoms with Crippen LogP contribution in [0.1, 0.15) is 63.5 Å². The number of carbonyl (C=O) groups excluding carboxylic acids is 3. The third kappa shape index (κ3) is 4.16. The zero-order valence-corrected chi connectivity index (χ0v) is 18.1. The number of hydrogen-bond acceptors (Lipinski definition) is 5. The molecule has 3 aliphatic rings. The van der Waals surface area contributed by atoms with E-state index in [0.29, 0.717) is 31.8 Å². The van der Waals surface area contributed by atoms with Crippen molar-refractivity contribution in [3.63, 3.8) is 0 Å². The molecule has 0 spiro atoms. The summed E-state index contributed by atoms with van der Waals surface area (Å²) < 4.78 is 5.51. The van der Waals surface area contributed by atoms with E-state index in [1.807, 2.05) is 20.8 Å². The minimum absolute atomic E-state index is 0.179. The third-order valence-corrected chi connectivity index (χ3v) is 6.27. The molecule has 1 N–H and O–H groups in total. The lowest BCUT2D eigenvalue weighted by atomic mass is 9.85. The zero-order chi connectivity index (χ0) is 21.5. The molecule has 0 saturated carbocycles. The summed E-state index contributed by atoms with van der Waals surface area (Å²) in [5.41, 5.74) is 3.30. The van der Waals surface area contributed by atoms with Crippen molar-refractivity contribution in [2.45, 2.75) is 70.4 Å². The highest BCUT2D eigenvalue weighted by molar-refractivity contribution is 6.02. The van der Waals surface area contributed by atoms with E-state index in [9.17, 15) is 14.4 Å². The van der Waals surface area contributed by atoms with Crippen molar-refractivity contribution in [2.24, 2.45) is 0 Å². The number of benzene rings is 1. The van der Waals surface area contributed by atoms with Gasteiger partial charge in [0, 0.05) is 31.7 Å². The van der Waals surface area contributed by atoms with E-state index >= 15 is 0 Å². The van der Waals surface area contributed by atoms with E-state index < -0.39 is 5.60 Å². The van der Waals surface area contributed by atoms with Crippen LogP contribution in [0.4, 0.5) is 10.5 Å². The molecule has 7 nitrogen and oxygen atoms in total. The van der Waals surface area contributed by atoms with E-state index in [-0.39, 0.29) is 23.9 Å². The molecule has 1 aromatic rings. The number of imide groups is 1. The minimum Gasteiger partial charge on any atom is -0.444 e. The fourth-order valence-corrected chi connectivity index (χ4v) is 4.87. The molecule has 2 fully saturated rings. The van der Waals surface area contributed by atoms with Crippen molar-refractivity contribution in [3.8, 4) is 0 Å². The smallest absolute Gasteiger partial charge is 0.410 e. The Bertz CT molecular complexity index is 852. The summed E-state index contributed by atoms with van der Waals surface area (Å²) in [5, 5.41) is 2.48. The Labute approximate surface area is 177 Å². The van der Waals surface area contributed by atoms with Crippen LogP contribution in [-0.4, -0.2) is 54.1 Å². The predicted octanol–water partition coefficient (Wildman–Crippen LogP) is 2.97. The first-order chi connectivity index (χ1) is 14.2. The molecule has 1 atom stereocenters. The molecule has 3 heterocycles. The zero-order valence-electron chi connectivity index (χ0n) is 18.1. The first-order valence-corrected chi connectivity index (χ1v) is 10.9. The highest BCUT2D eigenvalue weighted by atomic mass is 16.6. The van der Waals surface area contributed by atoms with Gasteiger partial charge >= 0.3 is 6.09 Å². The number of nitrogens with zero attached hydrogens (tertiary/aromatic N) is 2. The molecule has 3 aliphatic heterocycles. The number of likely N-dealkylation sites (tertiary alicyclic amines) is 1. The Morgan fingerprint density at radius 1 is 1.07 bits per heavy atom. The topological polar surface area (TPSA) is 79.0 Å². The first-order valence-electron chi connectivity index (χ1n) is 10.9. The monoisotopic (exact) mass is 413 g/mol. The van der Waals surface area contributed by atoms with E-state index in [1.54, 1.807) is 4.90 Å². The Morgan fingerprint density at radius 2 is 1.80 bits per heavy atom. The SMILES string of the molecule is CC(C)(C)OC(=O)N1CCC(c2cccc3c2CCN3[C@@H]2CCC(=O)NC2=O)CC1. The van der Waals surface area contributed by atoms with E-state index in [4.69, 9.17) is 4.74 Å². The second-order valence-corrected chi connectivity index (χ2v) is 9.50. The molecule has 162 valence electrons. The van der Waals surface area contributed by atoms with Gasteiger partial charge in [-0.3, -0.25) is 14.9 Å². The summed E-state index contributed by atoms with van der Waals surface area (Å²) in [6, 6.07) is 6.08. The number of ether oxygens (including phenoxy) is 1. The minimum atomic E-state index is -0.479. The Morgan fingerprint density at radius 3 is 2.47 bits per heavy atom. The van der Waals surface area contributed by atoms with Crippen LogP contribution in [0.5, 0.6) is 0 Å². The van der Waals surface area contributed by atoms with Crippen molar-refractivity contribution < 1.29 is 19.1 Å². The summed E-state index contributed by atoms with van der Waals surface area (Å²) in [4.78, 5) is 40.2. The largest absolute Gasteiger partial charge is 0.444 e. The Balaban J connectivity index is 1.45. The Kier molecular flexibility index (Phi) is 5.47. The average Bonchev–Trinajstić information content (AvgIpc) is 3.11. The quantitative estimate of drug-likeness (QED) is 0.754. The van der Waals surface area contributed by atoms with Gasteiger partial charge in [0.2, 0.25) is 11.8 Å². The number of nitrogens with one attached hydrogen (secondary N) is 1. The predicted molar refractivity (Wildman–Crippen MR) is 113 cm³/mol. The van der Waals surface area contributed by atoms with Gasteiger partial charge in [0.1, 0.15) is 11.6 Å². The molecular formula is C23H31N3O4. The van der Waals surface area contributed by atoms with Crippen molar-refractivity contribution in [2.75, 3.05) is 24.5 Å². The van der Waals surface area contributed by atoms with Crippen LogP contribution in [-0.2, 0) is 20.7 Å². The van der Waals surface area contributed by atoms with Crippen molar-refractivity contribution in [3.05, 3.63) is 29.3 Å². The average molecular weight is 414 g/mol. The van der Waals surface area contributed by atoms with Gasteiger partial charge in [-0.1, -0.05) is 12.1 Å². The van der Waals surface area contributed by atoms with Gasteiger partial charge in [-0.2, -0.15) is 0 Å². The van der Waals surface area contributed by atoms with Gasteiger partial charge in [0.15, 0.2) is 0 Å². The summed E-state index contributed by atoms with van der Waals surface area (Å²) in [7, 11) is 0. The van der Waals surface area contributed by atoms with Crippen LogP contribution in [0, 0.1) is 0 Å². The molecule has 0 bridgehead atoms. The molecule has 7 heteroatoms. The second kappa shape index (κ2) is 7.93. The number of anilines is 1. The van der Waals surface area contributed by atoms with Gasteiger partial charge in [-0.15, -0.1) is 0 Å². The first kappa shape index (κ1) is 20.7. The van der Waals surface area contributed by atoms with Crippen molar-refractivity contribution >= 4 is 23.6 Å². The van der Waals surface area contributed by atoms with Gasteiger partial charge in [0.05, 0.1) is 0 Å². The van der Waals surface area contributed by atoms with Crippen LogP contribution >= 0.6 is 0 Å². The molecule has 0 aliphatic carbocycles. The molecule has 30 heavy (non-hydrogen) atoms. The third-order valence-electron chi connectivity index (χ3n) is 6.27. The van der Waals surface area contributed by atoms with Crippen LogP contribution in [0.2, 0.25) is 0 Å². The summed E-state index contributed by atoms with van der Waals surface area (Å²) in [6.45, 7) is 7.85. The number of piperidine rings is 2. The fourth-order valence-electron chi connectivity index (χ4n) is 4.87. The molecular weight excluding hydrogens is 382 g/mol. The number of hydrogen-bond donors (Lipinski definition) is 1. The lowest BCUT2D eigenvalue weighted by Crippen LogP contribution is -2.52. The van der Waals surface area contributed by atoms with Crippen LogP contribution in [0.15, 0.2) is 18.2 Å². The van der Waals surface area contributed by atoms with Gasteiger partial charge in [-0.05, 0) is 69.6 Å². The van der Waals surface area contributed by atoms with Gasteiger partial charge < -0.3 is 14.5 Å². The van der Waals surface area contributed by atoms with Crippen molar-refractivity contribution in [1.29, 1.82) is 0 Å². The van der Waals surface area contributed by atoms with Gasteiger partial charge in [-0.25, -0.2) is 4.79 Å². The molecule has 0 aromatic heterocycles. The number of rotatable bonds is 2. The summed E-state index contributed by atoms with van der Waals surface area (Å²) in [5.74, 6) is 0.0386. The van der Waals surface area contributed by atoms with Crippen LogP contribution in [0.3, 0.4) is 0 Å². The second-order valence-electron chi connectivity index (χ2n) is 9.50. The van der Waals surface area contributed by atoms with E-state index in [0.717, 1.165) is 31.5 Å². The highest BCUT2D eigenvalue weighted by Gasteiger charge is 2.37. The number of amides is 3. The van der Waals surface area contributed by atoms with Crippen LogP contribution in [0.25, 0.3) is 0 Å². The highest BCUT2D eigenvalue weighted by Crippen LogP contribution is 2.39. The molecule has 0 unspecified atom stereocenters. The maximum absolute atomic E-state index is 12.4. The molecule has 1 aromatic carbocycles. The van der Waals surface area contributed by atoms with Crippen LogP contribution < -0.4 is 10.2 Å². The van der Waals surface area contributed by atoms with Gasteiger partial charge in [0.25, 0.3) is 0 Å². The lowest BCUT2D eigenvalue weighted by Gasteiger charge is -2.34. The maximum atomic E-state index is 12.4. The molecule has 4 rings (SSSR count). The molecule has 0 radical (unpaired) electrons. The lowest BCUT2D eigenvalue weighted by molar-refractivity contribution is -0.134. The molecule has 2 saturated heterocycles. The van der Waals surface area contributed by atoms with E-state index in [2.05, 4.69) is 28.4 Å².